The Hall–Kier alpha value is -2.19. The number of alkyl halides is 3. The maximum atomic E-state index is 12.9. The van der Waals surface area contributed by atoms with Crippen LogP contribution in [0.3, 0.4) is 0 Å². The molecular formula is C15H13F3N2O2S. The summed E-state index contributed by atoms with van der Waals surface area (Å²) in [6.07, 6.45) is -4.52. The minimum absolute atomic E-state index is 0.179. The molecule has 2 aromatic rings. The molecule has 122 valence electrons. The zero-order valence-corrected chi connectivity index (χ0v) is 12.5. The van der Waals surface area contributed by atoms with Crippen molar-refractivity contribution in [2.24, 2.45) is 0 Å². The molecule has 0 aliphatic rings. The Kier molecular flexibility index (Phi) is 5.17. The fourth-order valence-electron chi connectivity index (χ4n) is 2.04. The Balaban J connectivity index is 2.12. The number of aromatic nitrogens is 1. The second-order valence-electron chi connectivity index (χ2n) is 4.72. The number of carbonyl (C=O) groups excluding carboxylic acids is 1. The average molecular weight is 342 g/mol. The lowest BCUT2D eigenvalue weighted by Gasteiger charge is -2.17. The van der Waals surface area contributed by atoms with Crippen molar-refractivity contribution < 1.29 is 23.1 Å². The predicted molar refractivity (Wildman–Crippen MR) is 80.4 cm³/mol. The van der Waals surface area contributed by atoms with E-state index in [4.69, 9.17) is 12.2 Å². The number of benzene rings is 1. The molecule has 1 heterocycles. The zero-order valence-electron chi connectivity index (χ0n) is 11.7. The Morgan fingerprint density at radius 3 is 2.61 bits per heavy atom. The molecule has 23 heavy (non-hydrogen) atoms. The molecule has 0 saturated heterocycles. The zero-order chi connectivity index (χ0) is 17.0. The van der Waals surface area contributed by atoms with Gasteiger partial charge in [0.1, 0.15) is 4.64 Å². The Bertz CT molecular complexity index is 759. The highest BCUT2D eigenvalue weighted by atomic mass is 32.1. The quantitative estimate of drug-likeness (QED) is 0.748. The van der Waals surface area contributed by atoms with Crippen molar-refractivity contribution >= 4 is 18.1 Å². The average Bonchev–Trinajstić information content (AvgIpc) is 2.52. The molecule has 0 aliphatic carbocycles. The van der Waals surface area contributed by atoms with E-state index < -0.39 is 23.8 Å². The van der Waals surface area contributed by atoms with Gasteiger partial charge in [0, 0.05) is 12.7 Å². The van der Waals surface area contributed by atoms with Crippen LogP contribution < -0.4 is 5.32 Å². The maximum Gasteiger partial charge on any atom is 0.416 e. The number of H-pyrrole nitrogens is 1. The number of amides is 1. The second kappa shape index (κ2) is 6.93. The van der Waals surface area contributed by atoms with Crippen LogP contribution in [0.4, 0.5) is 13.2 Å². The molecule has 0 saturated carbocycles. The van der Waals surface area contributed by atoms with Gasteiger partial charge in [-0.05, 0) is 23.8 Å². The first kappa shape index (κ1) is 17.2. The van der Waals surface area contributed by atoms with Crippen LogP contribution in [0, 0.1) is 4.64 Å². The minimum atomic E-state index is -4.58. The molecule has 8 heteroatoms. The summed E-state index contributed by atoms with van der Waals surface area (Å²) >= 11 is 4.94. The van der Waals surface area contributed by atoms with Gasteiger partial charge < -0.3 is 15.4 Å². The SMILES string of the molecule is O=C(NC[C@@H](O)c1ccccc1C(F)(F)F)c1ccc[nH]c1=S. The first-order chi connectivity index (χ1) is 10.8. The minimum Gasteiger partial charge on any atom is -0.387 e. The first-order valence-corrected chi connectivity index (χ1v) is 7.01. The third kappa shape index (κ3) is 4.17. The molecule has 0 aliphatic heterocycles. The topological polar surface area (TPSA) is 65.1 Å². The highest BCUT2D eigenvalue weighted by Crippen LogP contribution is 2.34. The summed E-state index contributed by atoms with van der Waals surface area (Å²) in [7, 11) is 0. The van der Waals surface area contributed by atoms with Crippen LogP contribution in [0.5, 0.6) is 0 Å². The molecule has 1 amide bonds. The Morgan fingerprint density at radius 1 is 1.26 bits per heavy atom. The highest BCUT2D eigenvalue weighted by molar-refractivity contribution is 7.71. The van der Waals surface area contributed by atoms with Gasteiger partial charge in [-0.25, -0.2) is 0 Å². The lowest BCUT2D eigenvalue weighted by Crippen LogP contribution is -2.29. The van der Waals surface area contributed by atoms with Crippen LogP contribution in [0.15, 0.2) is 42.6 Å². The maximum absolute atomic E-state index is 12.9. The fourth-order valence-corrected chi connectivity index (χ4v) is 2.27. The number of aliphatic hydroxyl groups is 1. The van der Waals surface area contributed by atoms with Crippen LogP contribution in [0.2, 0.25) is 0 Å². The van der Waals surface area contributed by atoms with Gasteiger partial charge in [-0.3, -0.25) is 4.79 Å². The third-order valence-electron chi connectivity index (χ3n) is 3.14. The second-order valence-corrected chi connectivity index (χ2v) is 5.13. The summed E-state index contributed by atoms with van der Waals surface area (Å²) < 4.78 is 38.9. The van der Waals surface area contributed by atoms with Crippen molar-refractivity contribution in [3.05, 3.63) is 63.9 Å². The summed E-state index contributed by atoms with van der Waals surface area (Å²) in [5.74, 6) is -0.574. The standard InChI is InChI=1S/C15H13F3N2O2S/c16-15(17,18)11-6-2-1-4-9(11)12(21)8-20-13(22)10-5-3-7-19-14(10)23/h1-7,12,21H,8H2,(H,19,23)(H,20,22)/t12-/m1/s1. The Labute approximate surface area is 135 Å². The molecule has 1 aromatic heterocycles. The smallest absolute Gasteiger partial charge is 0.387 e. The van der Waals surface area contributed by atoms with E-state index in [0.717, 1.165) is 6.07 Å². The van der Waals surface area contributed by atoms with Gasteiger partial charge in [0.25, 0.3) is 5.91 Å². The van der Waals surface area contributed by atoms with Crippen LogP contribution in [-0.2, 0) is 6.18 Å². The van der Waals surface area contributed by atoms with E-state index in [1.165, 1.54) is 24.3 Å². The van der Waals surface area contributed by atoms with E-state index in [1.807, 2.05) is 0 Å². The number of hydrogen-bond donors (Lipinski definition) is 3. The molecule has 1 aromatic carbocycles. The van der Waals surface area contributed by atoms with Crippen molar-refractivity contribution in [3.8, 4) is 0 Å². The molecule has 3 N–H and O–H groups in total. The molecular weight excluding hydrogens is 329 g/mol. The van der Waals surface area contributed by atoms with Gasteiger partial charge in [0.2, 0.25) is 0 Å². The molecule has 2 rings (SSSR count). The molecule has 4 nitrogen and oxygen atoms in total. The third-order valence-corrected chi connectivity index (χ3v) is 3.48. The van der Waals surface area contributed by atoms with Crippen molar-refractivity contribution in [3.63, 3.8) is 0 Å². The van der Waals surface area contributed by atoms with E-state index in [1.54, 1.807) is 12.3 Å². The predicted octanol–water partition coefficient (Wildman–Crippen LogP) is 3.23. The molecule has 0 spiro atoms. The number of carbonyl (C=O) groups is 1. The van der Waals surface area contributed by atoms with E-state index in [9.17, 15) is 23.1 Å². The van der Waals surface area contributed by atoms with Gasteiger partial charge in [-0.15, -0.1) is 0 Å². The summed E-state index contributed by atoms with van der Waals surface area (Å²) in [6, 6.07) is 7.73. The summed E-state index contributed by atoms with van der Waals surface area (Å²) in [5.41, 5.74) is -1.05. The normalized spacial score (nSPS) is 12.7. The number of halogens is 3. The number of aliphatic hydroxyl groups excluding tert-OH is 1. The first-order valence-electron chi connectivity index (χ1n) is 6.61. The lowest BCUT2D eigenvalue weighted by molar-refractivity contribution is -0.139. The monoisotopic (exact) mass is 342 g/mol. The van der Waals surface area contributed by atoms with Crippen molar-refractivity contribution in [2.75, 3.05) is 6.54 Å². The van der Waals surface area contributed by atoms with Crippen molar-refractivity contribution in [1.82, 2.24) is 10.3 Å². The van der Waals surface area contributed by atoms with E-state index >= 15 is 0 Å². The number of nitrogens with one attached hydrogen (secondary N) is 2. The van der Waals surface area contributed by atoms with Gasteiger partial charge in [0.05, 0.1) is 17.2 Å². The van der Waals surface area contributed by atoms with Crippen molar-refractivity contribution in [1.29, 1.82) is 0 Å². The van der Waals surface area contributed by atoms with Crippen LogP contribution in [-0.4, -0.2) is 22.5 Å². The summed E-state index contributed by atoms with van der Waals surface area (Å²) in [6.45, 7) is -0.365. The summed E-state index contributed by atoms with van der Waals surface area (Å²) in [5, 5.41) is 12.4. The van der Waals surface area contributed by atoms with Crippen LogP contribution in [0.1, 0.15) is 27.6 Å². The van der Waals surface area contributed by atoms with Crippen LogP contribution in [0.25, 0.3) is 0 Å². The van der Waals surface area contributed by atoms with Gasteiger partial charge in [0.15, 0.2) is 0 Å². The number of rotatable bonds is 4. The summed E-state index contributed by atoms with van der Waals surface area (Å²) in [4.78, 5) is 14.6. The van der Waals surface area contributed by atoms with Gasteiger partial charge in [-0.1, -0.05) is 30.4 Å². The molecule has 0 bridgehead atoms. The highest BCUT2D eigenvalue weighted by Gasteiger charge is 2.34. The lowest BCUT2D eigenvalue weighted by atomic mass is 10.0. The van der Waals surface area contributed by atoms with E-state index in [2.05, 4.69) is 10.3 Å². The molecule has 0 fully saturated rings. The number of aromatic amines is 1. The van der Waals surface area contributed by atoms with Crippen LogP contribution >= 0.6 is 12.2 Å². The number of hydrogen-bond acceptors (Lipinski definition) is 3. The van der Waals surface area contributed by atoms with Gasteiger partial charge >= 0.3 is 6.18 Å². The van der Waals surface area contributed by atoms with Gasteiger partial charge in [-0.2, -0.15) is 13.2 Å². The number of pyridine rings is 1. The molecule has 1 atom stereocenters. The fraction of sp³-hybridized carbons (Fsp3) is 0.200. The van der Waals surface area contributed by atoms with Crippen molar-refractivity contribution in [2.45, 2.75) is 12.3 Å². The molecule has 0 radical (unpaired) electrons. The Morgan fingerprint density at radius 2 is 1.96 bits per heavy atom. The molecule has 0 unspecified atom stereocenters. The van der Waals surface area contributed by atoms with E-state index in [0.29, 0.717) is 0 Å². The largest absolute Gasteiger partial charge is 0.416 e. The van der Waals surface area contributed by atoms with E-state index in [-0.39, 0.29) is 22.3 Å².